The second-order valence-corrected chi connectivity index (χ2v) is 5.15. The Morgan fingerprint density at radius 2 is 1.67 bits per heavy atom. The largest absolute Gasteiger partial charge is 0.305 e. The average Bonchev–Trinajstić information content (AvgIpc) is 2.43. The molecule has 0 aliphatic carbocycles. The fourth-order valence-electron chi connectivity index (χ4n) is 1.51. The molecule has 0 spiro atoms. The van der Waals surface area contributed by atoms with E-state index >= 15 is 0 Å². The lowest BCUT2D eigenvalue weighted by Gasteiger charge is -2.15. The van der Waals surface area contributed by atoms with E-state index in [4.69, 9.17) is 0 Å². The number of hydrogen-bond acceptors (Lipinski definition) is 2. The van der Waals surface area contributed by atoms with Gasteiger partial charge in [0.1, 0.15) is 0 Å². The standard InChI is InChI=1S/C10H7Br2NO2/c11-6-1-7(12)3-8(2-6)13-5-9(14)4-10(13)15/h1-3H,4-5H2. The molecule has 3 nitrogen and oxygen atoms in total. The Labute approximate surface area is 104 Å². The van der Waals surface area contributed by atoms with Gasteiger partial charge in [0.15, 0.2) is 5.78 Å². The first-order chi connectivity index (χ1) is 7.06. The van der Waals surface area contributed by atoms with E-state index in [2.05, 4.69) is 31.9 Å². The second kappa shape index (κ2) is 4.06. The van der Waals surface area contributed by atoms with Crippen molar-refractivity contribution in [1.82, 2.24) is 0 Å². The minimum Gasteiger partial charge on any atom is -0.305 e. The zero-order valence-electron chi connectivity index (χ0n) is 7.67. The second-order valence-electron chi connectivity index (χ2n) is 3.32. The molecule has 0 radical (unpaired) electrons. The van der Waals surface area contributed by atoms with Gasteiger partial charge in [-0.15, -0.1) is 0 Å². The third-order valence-electron chi connectivity index (χ3n) is 2.14. The number of Topliss-reactive ketones (excluding diaryl/α,β-unsaturated/α-hetero) is 1. The molecule has 0 aromatic heterocycles. The van der Waals surface area contributed by atoms with Gasteiger partial charge in [0.2, 0.25) is 5.91 Å². The third kappa shape index (κ3) is 2.29. The monoisotopic (exact) mass is 331 g/mol. The zero-order valence-corrected chi connectivity index (χ0v) is 10.8. The number of ketones is 1. The molecule has 1 aliphatic heterocycles. The third-order valence-corrected chi connectivity index (χ3v) is 3.06. The molecule has 15 heavy (non-hydrogen) atoms. The minimum absolute atomic E-state index is 0.0180. The lowest BCUT2D eigenvalue weighted by Crippen LogP contribution is -2.24. The van der Waals surface area contributed by atoms with Crippen LogP contribution in [0.15, 0.2) is 27.1 Å². The first kappa shape index (κ1) is 10.8. The molecule has 78 valence electrons. The van der Waals surface area contributed by atoms with Crippen LogP contribution in [0, 0.1) is 0 Å². The summed E-state index contributed by atoms with van der Waals surface area (Å²) in [4.78, 5) is 24.1. The van der Waals surface area contributed by atoms with E-state index in [-0.39, 0.29) is 24.7 Å². The van der Waals surface area contributed by atoms with Crippen LogP contribution in [0.4, 0.5) is 5.69 Å². The number of amides is 1. The van der Waals surface area contributed by atoms with Gasteiger partial charge < -0.3 is 4.90 Å². The summed E-state index contributed by atoms with van der Waals surface area (Å²) in [5.74, 6) is -0.166. The first-order valence-corrected chi connectivity index (χ1v) is 5.93. The highest BCUT2D eigenvalue weighted by Crippen LogP contribution is 2.28. The van der Waals surface area contributed by atoms with Gasteiger partial charge in [-0.05, 0) is 18.2 Å². The minimum atomic E-state index is -0.134. The molecule has 1 saturated heterocycles. The number of hydrogen-bond donors (Lipinski definition) is 0. The normalized spacial score (nSPS) is 16.3. The van der Waals surface area contributed by atoms with Gasteiger partial charge in [-0.2, -0.15) is 0 Å². The van der Waals surface area contributed by atoms with Crippen LogP contribution in [-0.2, 0) is 9.59 Å². The maximum absolute atomic E-state index is 11.5. The number of benzene rings is 1. The summed E-state index contributed by atoms with van der Waals surface area (Å²) in [6, 6.07) is 5.52. The van der Waals surface area contributed by atoms with Crippen molar-refractivity contribution >= 4 is 49.2 Å². The van der Waals surface area contributed by atoms with E-state index in [9.17, 15) is 9.59 Å². The van der Waals surface area contributed by atoms with E-state index in [0.29, 0.717) is 0 Å². The average molecular weight is 333 g/mol. The highest BCUT2D eigenvalue weighted by Gasteiger charge is 2.28. The number of halogens is 2. The summed E-state index contributed by atoms with van der Waals surface area (Å²) in [5, 5.41) is 0. The summed E-state index contributed by atoms with van der Waals surface area (Å²) in [6.45, 7) is 0.182. The van der Waals surface area contributed by atoms with Gasteiger partial charge in [-0.1, -0.05) is 31.9 Å². The van der Waals surface area contributed by atoms with Crippen molar-refractivity contribution < 1.29 is 9.59 Å². The molecule has 1 amide bonds. The van der Waals surface area contributed by atoms with Crippen LogP contribution >= 0.6 is 31.9 Å². The van der Waals surface area contributed by atoms with Gasteiger partial charge in [-0.3, -0.25) is 9.59 Å². The molecule has 2 rings (SSSR count). The number of nitrogens with zero attached hydrogens (tertiary/aromatic N) is 1. The Morgan fingerprint density at radius 1 is 1.07 bits per heavy atom. The van der Waals surface area contributed by atoms with Gasteiger partial charge in [-0.25, -0.2) is 0 Å². The predicted octanol–water partition coefficient (Wildman–Crippen LogP) is 2.52. The summed E-state index contributed by atoms with van der Waals surface area (Å²) in [6.07, 6.45) is 0.0180. The SMILES string of the molecule is O=C1CC(=O)N(c2cc(Br)cc(Br)c2)C1. The van der Waals surface area contributed by atoms with E-state index in [0.717, 1.165) is 14.6 Å². The van der Waals surface area contributed by atoms with Crippen molar-refractivity contribution in [2.45, 2.75) is 6.42 Å². The van der Waals surface area contributed by atoms with Crippen LogP contribution in [0.3, 0.4) is 0 Å². The van der Waals surface area contributed by atoms with Crippen LogP contribution in [0.25, 0.3) is 0 Å². The predicted molar refractivity (Wildman–Crippen MR) is 63.8 cm³/mol. The molecule has 5 heteroatoms. The molecule has 0 N–H and O–H groups in total. The highest BCUT2D eigenvalue weighted by atomic mass is 79.9. The van der Waals surface area contributed by atoms with Crippen molar-refractivity contribution in [3.8, 4) is 0 Å². The Balaban J connectivity index is 2.37. The van der Waals surface area contributed by atoms with Crippen LogP contribution in [-0.4, -0.2) is 18.2 Å². The number of carbonyl (C=O) groups is 2. The molecule has 1 aromatic carbocycles. The Morgan fingerprint density at radius 3 is 2.13 bits per heavy atom. The zero-order chi connectivity index (χ0) is 11.0. The molecule has 0 unspecified atom stereocenters. The molecule has 1 aromatic rings. The van der Waals surface area contributed by atoms with Crippen molar-refractivity contribution in [1.29, 1.82) is 0 Å². The van der Waals surface area contributed by atoms with E-state index in [1.807, 2.05) is 18.2 Å². The van der Waals surface area contributed by atoms with E-state index in [1.165, 1.54) is 4.90 Å². The van der Waals surface area contributed by atoms with Crippen molar-refractivity contribution in [3.05, 3.63) is 27.1 Å². The lowest BCUT2D eigenvalue weighted by atomic mass is 10.3. The van der Waals surface area contributed by atoms with Crippen LogP contribution in [0.2, 0.25) is 0 Å². The maximum atomic E-state index is 11.5. The lowest BCUT2D eigenvalue weighted by molar-refractivity contribution is -0.121. The van der Waals surface area contributed by atoms with Gasteiger partial charge in [0.25, 0.3) is 0 Å². The summed E-state index contributed by atoms with van der Waals surface area (Å²) < 4.78 is 1.75. The molecule has 0 bridgehead atoms. The quantitative estimate of drug-likeness (QED) is 0.741. The van der Waals surface area contributed by atoms with Crippen LogP contribution in [0.1, 0.15) is 6.42 Å². The summed E-state index contributed by atoms with van der Waals surface area (Å²) in [5.41, 5.74) is 0.743. The summed E-state index contributed by atoms with van der Waals surface area (Å²) >= 11 is 6.68. The summed E-state index contributed by atoms with van der Waals surface area (Å²) in [7, 11) is 0. The molecular weight excluding hydrogens is 326 g/mol. The molecule has 0 saturated carbocycles. The molecule has 1 fully saturated rings. The van der Waals surface area contributed by atoms with Gasteiger partial charge in [0, 0.05) is 14.6 Å². The van der Waals surface area contributed by atoms with Crippen LogP contribution in [0.5, 0.6) is 0 Å². The topological polar surface area (TPSA) is 37.4 Å². The van der Waals surface area contributed by atoms with Gasteiger partial charge in [0.05, 0.1) is 13.0 Å². The molecule has 1 heterocycles. The molecule has 0 atom stereocenters. The maximum Gasteiger partial charge on any atom is 0.234 e. The molecule has 1 aliphatic rings. The smallest absolute Gasteiger partial charge is 0.234 e. The number of anilines is 1. The fraction of sp³-hybridized carbons (Fsp3) is 0.200. The number of carbonyl (C=O) groups excluding carboxylic acids is 2. The highest BCUT2D eigenvalue weighted by molar-refractivity contribution is 9.11. The Hall–Kier alpha value is -0.680. The van der Waals surface area contributed by atoms with E-state index < -0.39 is 0 Å². The first-order valence-electron chi connectivity index (χ1n) is 4.34. The fourth-order valence-corrected chi connectivity index (χ4v) is 2.78. The van der Waals surface area contributed by atoms with Gasteiger partial charge >= 0.3 is 0 Å². The van der Waals surface area contributed by atoms with Crippen molar-refractivity contribution in [2.24, 2.45) is 0 Å². The number of rotatable bonds is 1. The van der Waals surface area contributed by atoms with Crippen molar-refractivity contribution in [3.63, 3.8) is 0 Å². The Bertz CT molecular complexity index is 425. The van der Waals surface area contributed by atoms with Crippen molar-refractivity contribution in [2.75, 3.05) is 11.4 Å². The molecular formula is C10H7Br2NO2. The Kier molecular flexibility index (Phi) is 2.93. The van der Waals surface area contributed by atoms with E-state index in [1.54, 1.807) is 0 Å². The van der Waals surface area contributed by atoms with Crippen LogP contribution < -0.4 is 4.90 Å².